The van der Waals surface area contributed by atoms with Crippen molar-refractivity contribution >= 4 is 49.6 Å². The molecule has 0 saturated heterocycles. The molecule has 0 atom stereocenters. The minimum absolute atomic E-state index is 0.136. The molecule has 0 bridgehead atoms. The van der Waals surface area contributed by atoms with Crippen molar-refractivity contribution in [2.24, 2.45) is 10.3 Å². The van der Waals surface area contributed by atoms with Gasteiger partial charge in [0.1, 0.15) is 0 Å². The molecule has 0 N–H and O–H groups in total. The Bertz CT molecular complexity index is 979. The van der Waals surface area contributed by atoms with Gasteiger partial charge in [0.2, 0.25) is 0 Å². The Morgan fingerprint density at radius 1 is 0.583 bits per heavy atom. The molecule has 0 aliphatic rings. The summed E-state index contributed by atoms with van der Waals surface area (Å²) in [4.78, 5) is 2.40. The standard InChI is InChI=1S/C28H44N2O2S2Si2/c1-21(29-31-35(9,10)27(3,4)5)23-13-17-25(18-14-23)33-34-26-19-15-24(16-20-26)22(2)30-32-36(11,12)28(6,7)8/h13-20H,1-12H3. The number of hydrogen-bond donors (Lipinski definition) is 0. The van der Waals surface area contributed by atoms with Crippen molar-refractivity contribution < 1.29 is 9.05 Å². The molecule has 0 aliphatic heterocycles. The van der Waals surface area contributed by atoms with Gasteiger partial charge in [-0.3, -0.25) is 0 Å². The summed E-state index contributed by atoms with van der Waals surface area (Å²) < 4.78 is 12.0. The van der Waals surface area contributed by atoms with Crippen LogP contribution in [0, 0.1) is 0 Å². The Hall–Kier alpha value is -1.49. The lowest BCUT2D eigenvalue weighted by Gasteiger charge is -2.33. The summed E-state index contributed by atoms with van der Waals surface area (Å²) in [6.07, 6.45) is 0. The van der Waals surface area contributed by atoms with E-state index < -0.39 is 16.6 Å². The third kappa shape index (κ3) is 8.53. The number of hydrogen-bond acceptors (Lipinski definition) is 6. The Kier molecular flexibility index (Phi) is 10.2. The fourth-order valence-electron chi connectivity index (χ4n) is 2.34. The molecular weight excluding hydrogens is 517 g/mol. The van der Waals surface area contributed by atoms with Crippen molar-refractivity contribution in [2.75, 3.05) is 0 Å². The third-order valence-electron chi connectivity index (χ3n) is 7.21. The minimum Gasteiger partial charge on any atom is -0.455 e. The van der Waals surface area contributed by atoms with Crippen molar-refractivity contribution in [1.82, 2.24) is 0 Å². The first-order valence-corrected chi connectivity index (χ1v) is 20.4. The zero-order valence-electron chi connectivity index (χ0n) is 24.1. The van der Waals surface area contributed by atoms with Crippen LogP contribution in [-0.2, 0) is 9.05 Å². The Balaban J connectivity index is 1.96. The maximum absolute atomic E-state index is 6.02. The van der Waals surface area contributed by atoms with Gasteiger partial charge in [-0.25, -0.2) is 0 Å². The summed E-state index contributed by atoms with van der Waals surface area (Å²) in [5.41, 5.74) is 3.99. The molecule has 0 spiro atoms. The van der Waals surface area contributed by atoms with Crippen molar-refractivity contribution in [1.29, 1.82) is 0 Å². The van der Waals surface area contributed by atoms with E-state index in [-0.39, 0.29) is 10.1 Å². The first-order valence-electron chi connectivity index (χ1n) is 12.4. The van der Waals surface area contributed by atoms with Crippen LogP contribution in [0.5, 0.6) is 0 Å². The Morgan fingerprint density at radius 3 is 1.11 bits per heavy atom. The molecular formula is C28H44N2O2S2Si2. The molecule has 0 fully saturated rings. The second-order valence-corrected chi connectivity index (χ2v) is 24.0. The van der Waals surface area contributed by atoms with E-state index in [0.29, 0.717) is 0 Å². The quantitative estimate of drug-likeness (QED) is 0.132. The molecule has 0 saturated carbocycles. The number of oxime groups is 2. The predicted octanol–water partition coefficient (Wildman–Crippen LogP) is 9.98. The first kappa shape index (κ1) is 30.7. The summed E-state index contributed by atoms with van der Waals surface area (Å²) in [7, 11) is -0.306. The van der Waals surface area contributed by atoms with Crippen LogP contribution in [-0.4, -0.2) is 28.1 Å². The number of benzene rings is 2. The molecule has 4 nitrogen and oxygen atoms in total. The SMILES string of the molecule is CC(=NO[Si](C)(C)C(C)(C)C)c1ccc(SSc2ccc(C(C)=NO[Si](C)(C)C(C)(C)C)cc2)cc1. The monoisotopic (exact) mass is 560 g/mol. The lowest BCUT2D eigenvalue weighted by atomic mass is 10.1. The van der Waals surface area contributed by atoms with E-state index in [1.165, 1.54) is 9.79 Å². The van der Waals surface area contributed by atoms with E-state index in [1.807, 2.05) is 13.8 Å². The topological polar surface area (TPSA) is 43.2 Å². The van der Waals surface area contributed by atoms with Gasteiger partial charge in [0.15, 0.2) is 0 Å². The maximum atomic E-state index is 6.02. The molecule has 36 heavy (non-hydrogen) atoms. The number of rotatable bonds is 9. The fraction of sp³-hybridized carbons (Fsp3) is 0.500. The average molecular weight is 561 g/mol. The summed E-state index contributed by atoms with van der Waals surface area (Å²) >= 11 is 0. The molecule has 2 aromatic carbocycles. The molecule has 0 aliphatic carbocycles. The van der Waals surface area contributed by atoms with E-state index in [0.717, 1.165) is 22.6 Å². The zero-order chi connectivity index (χ0) is 27.4. The molecule has 2 rings (SSSR count). The smallest absolute Gasteiger partial charge is 0.286 e. The first-order chi connectivity index (χ1) is 16.4. The van der Waals surface area contributed by atoms with Crippen LogP contribution in [0.15, 0.2) is 68.6 Å². The highest BCUT2D eigenvalue weighted by Gasteiger charge is 2.40. The second kappa shape index (κ2) is 11.9. The van der Waals surface area contributed by atoms with Crippen LogP contribution in [0.1, 0.15) is 66.5 Å². The van der Waals surface area contributed by atoms with Gasteiger partial charge in [-0.15, -0.1) is 10.3 Å². The van der Waals surface area contributed by atoms with Gasteiger partial charge in [0, 0.05) is 9.79 Å². The predicted molar refractivity (Wildman–Crippen MR) is 166 cm³/mol. The Morgan fingerprint density at radius 2 is 0.861 bits per heavy atom. The van der Waals surface area contributed by atoms with Gasteiger partial charge in [-0.05, 0) is 85.5 Å². The highest BCUT2D eigenvalue weighted by Crippen LogP contribution is 2.39. The van der Waals surface area contributed by atoms with Crippen LogP contribution in [0.3, 0.4) is 0 Å². The lowest BCUT2D eigenvalue weighted by Crippen LogP contribution is -2.39. The molecule has 0 heterocycles. The molecule has 0 aromatic heterocycles. The molecule has 8 heteroatoms. The van der Waals surface area contributed by atoms with Crippen LogP contribution in [0.4, 0.5) is 0 Å². The third-order valence-corrected chi connectivity index (χ3v) is 17.9. The Labute approximate surface area is 229 Å². The fourth-order valence-corrected chi connectivity index (χ4v) is 5.55. The van der Waals surface area contributed by atoms with Crippen molar-refractivity contribution in [3.8, 4) is 0 Å². The highest BCUT2D eigenvalue weighted by molar-refractivity contribution is 8.76. The summed E-state index contributed by atoms with van der Waals surface area (Å²) in [5, 5.41) is 9.20. The average Bonchev–Trinajstić information content (AvgIpc) is 2.79. The van der Waals surface area contributed by atoms with E-state index in [1.54, 1.807) is 21.6 Å². The normalized spacial score (nSPS) is 14.1. The van der Waals surface area contributed by atoms with Crippen LogP contribution in [0.25, 0.3) is 0 Å². The van der Waals surface area contributed by atoms with E-state index >= 15 is 0 Å². The van der Waals surface area contributed by atoms with Crippen molar-refractivity contribution in [3.05, 3.63) is 59.7 Å². The van der Waals surface area contributed by atoms with Crippen LogP contribution in [0.2, 0.25) is 36.3 Å². The van der Waals surface area contributed by atoms with Gasteiger partial charge >= 0.3 is 0 Å². The van der Waals surface area contributed by atoms with Crippen LogP contribution >= 0.6 is 21.6 Å². The van der Waals surface area contributed by atoms with Gasteiger partial charge < -0.3 is 9.05 Å². The van der Waals surface area contributed by atoms with E-state index in [2.05, 4.69) is 127 Å². The molecule has 198 valence electrons. The van der Waals surface area contributed by atoms with E-state index in [9.17, 15) is 0 Å². The maximum Gasteiger partial charge on any atom is 0.286 e. The van der Waals surface area contributed by atoms with Crippen LogP contribution < -0.4 is 0 Å². The summed E-state index contributed by atoms with van der Waals surface area (Å²) in [5.74, 6) is 0. The molecule has 2 aromatic rings. The lowest BCUT2D eigenvalue weighted by molar-refractivity contribution is 0.308. The van der Waals surface area contributed by atoms with E-state index in [4.69, 9.17) is 9.05 Å². The summed E-state index contributed by atoms with van der Waals surface area (Å²) in [6.45, 7) is 26.2. The van der Waals surface area contributed by atoms with Gasteiger partial charge in [-0.2, -0.15) is 0 Å². The van der Waals surface area contributed by atoms with Gasteiger partial charge in [-0.1, -0.05) is 87.4 Å². The second-order valence-electron chi connectivity index (χ2n) is 12.3. The van der Waals surface area contributed by atoms with Crippen molar-refractivity contribution in [2.45, 2.75) is 101 Å². The largest absolute Gasteiger partial charge is 0.455 e. The summed E-state index contributed by atoms with van der Waals surface area (Å²) in [6, 6.07) is 17.0. The highest BCUT2D eigenvalue weighted by atomic mass is 33.1. The molecule has 0 unspecified atom stereocenters. The molecule has 0 amide bonds. The minimum atomic E-state index is -1.90. The molecule has 0 radical (unpaired) electrons. The zero-order valence-corrected chi connectivity index (χ0v) is 27.8. The number of nitrogens with zero attached hydrogens (tertiary/aromatic N) is 2. The van der Waals surface area contributed by atoms with Gasteiger partial charge in [0.05, 0.1) is 11.4 Å². The van der Waals surface area contributed by atoms with Gasteiger partial charge in [0.25, 0.3) is 16.6 Å². The van der Waals surface area contributed by atoms with Crippen molar-refractivity contribution in [3.63, 3.8) is 0 Å².